The van der Waals surface area contributed by atoms with Gasteiger partial charge >= 0.3 is 0 Å². The van der Waals surface area contributed by atoms with Crippen molar-refractivity contribution in [1.29, 1.82) is 0 Å². The van der Waals surface area contributed by atoms with Crippen molar-refractivity contribution in [3.63, 3.8) is 0 Å². The fraction of sp³-hybridized carbons (Fsp3) is 0.357. The van der Waals surface area contributed by atoms with Crippen molar-refractivity contribution in [1.82, 2.24) is 14.9 Å². The summed E-state index contributed by atoms with van der Waals surface area (Å²) in [5.41, 5.74) is 2.44. The number of carbonyl (C=O) groups excluding carboxylic acids is 1. The molecule has 10 heteroatoms. The molecule has 0 atom stereocenters. The number of rotatable bonds is 6. The van der Waals surface area contributed by atoms with E-state index in [0.717, 1.165) is 30.0 Å². The summed E-state index contributed by atoms with van der Waals surface area (Å²) in [7, 11) is -3.73. The molecule has 1 amide bonds. The molecule has 1 aliphatic rings. The second-order valence-electron chi connectivity index (χ2n) is 5.32. The Morgan fingerprint density at radius 3 is 2.92 bits per heavy atom. The van der Waals surface area contributed by atoms with Crippen molar-refractivity contribution in [3.05, 3.63) is 29.8 Å². The Bertz CT molecular complexity index is 850. The van der Waals surface area contributed by atoms with Crippen LogP contribution in [0.25, 0.3) is 0 Å². The zero-order valence-electron chi connectivity index (χ0n) is 13.0. The van der Waals surface area contributed by atoms with Crippen LogP contribution >= 0.6 is 11.3 Å². The molecular formula is C14H17N5O3S2. The van der Waals surface area contributed by atoms with Gasteiger partial charge in [0.05, 0.1) is 0 Å². The quantitative estimate of drug-likeness (QED) is 0.733. The number of sulfonamides is 1. The average Bonchev–Trinajstić information content (AvgIpc) is 3.14. The molecule has 0 bridgehead atoms. The Balaban J connectivity index is 1.58. The van der Waals surface area contributed by atoms with Crippen LogP contribution in [0.2, 0.25) is 0 Å². The van der Waals surface area contributed by atoms with E-state index in [4.69, 9.17) is 0 Å². The molecular weight excluding hydrogens is 350 g/mol. The van der Waals surface area contributed by atoms with Gasteiger partial charge in [-0.1, -0.05) is 29.5 Å². The zero-order valence-corrected chi connectivity index (χ0v) is 14.7. The molecule has 8 nitrogen and oxygen atoms in total. The van der Waals surface area contributed by atoms with Crippen LogP contribution in [0, 0.1) is 0 Å². The van der Waals surface area contributed by atoms with Gasteiger partial charge in [0.15, 0.2) is 0 Å². The molecule has 0 radical (unpaired) electrons. The van der Waals surface area contributed by atoms with Crippen LogP contribution in [0.5, 0.6) is 0 Å². The van der Waals surface area contributed by atoms with Gasteiger partial charge in [-0.25, -0.2) is 13.1 Å². The number of aromatic nitrogens is 2. The first-order valence-corrected chi connectivity index (χ1v) is 9.69. The van der Waals surface area contributed by atoms with Crippen molar-refractivity contribution >= 4 is 38.1 Å². The van der Waals surface area contributed by atoms with E-state index >= 15 is 0 Å². The van der Waals surface area contributed by atoms with Gasteiger partial charge in [-0.3, -0.25) is 4.79 Å². The van der Waals surface area contributed by atoms with Gasteiger partial charge < -0.3 is 10.2 Å². The summed E-state index contributed by atoms with van der Waals surface area (Å²) in [5, 5.41) is 9.84. The van der Waals surface area contributed by atoms with Crippen molar-refractivity contribution in [2.75, 3.05) is 29.9 Å². The SMILES string of the molecule is CC(=O)Nc1nnc(S(=O)(=O)NCCN2CCc3ccccc32)s1. The highest BCUT2D eigenvalue weighted by Gasteiger charge is 2.22. The first-order chi connectivity index (χ1) is 11.5. The number of carbonyl (C=O) groups is 1. The minimum absolute atomic E-state index is 0.159. The molecule has 24 heavy (non-hydrogen) atoms. The summed E-state index contributed by atoms with van der Waals surface area (Å²) in [5.74, 6) is -0.323. The average molecular weight is 367 g/mol. The summed E-state index contributed by atoms with van der Waals surface area (Å²) in [6.45, 7) is 3.05. The lowest BCUT2D eigenvalue weighted by atomic mass is 10.2. The number of para-hydroxylation sites is 1. The highest BCUT2D eigenvalue weighted by Crippen LogP contribution is 2.26. The standard InChI is InChI=1S/C14H17N5O3S2/c1-10(20)16-13-17-18-14(23-13)24(21,22)15-7-9-19-8-6-11-4-2-3-5-12(11)19/h2-5,15H,6-9H2,1H3,(H,16,17,20). The molecule has 1 aliphatic heterocycles. The largest absolute Gasteiger partial charge is 0.370 e. The molecule has 0 spiro atoms. The van der Waals surface area contributed by atoms with Gasteiger partial charge in [0.1, 0.15) is 0 Å². The molecule has 3 rings (SSSR count). The molecule has 1 aromatic carbocycles. The fourth-order valence-electron chi connectivity index (χ4n) is 2.54. The Hall–Kier alpha value is -2.04. The maximum absolute atomic E-state index is 12.2. The van der Waals surface area contributed by atoms with Gasteiger partial charge in [-0.2, -0.15) is 0 Å². The Morgan fingerprint density at radius 1 is 1.33 bits per heavy atom. The number of nitrogens with one attached hydrogen (secondary N) is 2. The van der Waals surface area contributed by atoms with E-state index < -0.39 is 10.0 Å². The molecule has 0 saturated carbocycles. The number of fused-ring (bicyclic) bond motifs is 1. The minimum atomic E-state index is -3.73. The monoisotopic (exact) mass is 367 g/mol. The van der Waals surface area contributed by atoms with Crippen molar-refractivity contribution in [2.24, 2.45) is 0 Å². The van der Waals surface area contributed by atoms with E-state index in [2.05, 4.69) is 31.2 Å². The van der Waals surface area contributed by atoms with Gasteiger partial charge in [0.25, 0.3) is 10.0 Å². The third kappa shape index (κ3) is 3.71. The van der Waals surface area contributed by atoms with Gasteiger partial charge in [-0.15, -0.1) is 10.2 Å². The molecule has 2 aromatic rings. The topological polar surface area (TPSA) is 104 Å². The lowest BCUT2D eigenvalue weighted by molar-refractivity contribution is -0.114. The maximum atomic E-state index is 12.2. The molecule has 0 unspecified atom stereocenters. The number of nitrogens with zero attached hydrogens (tertiary/aromatic N) is 3. The first-order valence-electron chi connectivity index (χ1n) is 7.39. The number of hydrogen-bond donors (Lipinski definition) is 2. The third-order valence-corrected chi connectivity index (χ3v) is 6.24. The normalized spacial score (nSPS) is 13.8. The predicted octanol–water partition coefficient (Wildman–Crippen LogP) is 0.838. The van der Waals surface area contributed by atoms with Crippen LogP contribution in [-0.4, -0.2) is 44.2 Å². The van der Waals surface area contributed by atoms with Crippen molar-refractivity contribution in [2.45, 2.75) is 17.7 Å². The Kier molecular flexibility index (Phi) is 4.78. The highest BCUT2D eigenvalue weighted by molar-refractivity contribution is 7.91. The van der Waals surface area contributed by atoms with Crippen molar-refractivity contribution < 1.29 is 13.2 Å². The molecule has 0 fully saturated rings. The fourth-order valence-corrected chi connectivity index (χ4v) is 4.54. The van der Waals surface area contributed by atoms with Crippen LogP contribution in [-0.2, 0) is 21.2 Å². The van der Waals surface area contributed by atoms with E-state index in [9.17, 15) is 13.2 Å². The zero-order chi connectivity index (χ0) is 17.2. The summed E-state index contributed by atoms with van der Waals surface area (Å²) >= 11 is 0.821. The van der Waals surface area contributed by atoms with Gasteiger partial charge in [-0.05, 0) is 18.1 Å². The van der Waals surface area contributed by atoms with Crippen LogP contribution in [0.15, 0.2) is 28.6 Å². The Morgan fingerprint density at radius 2 is 2.12 bits per heavy atom. The number of amides is 1. The summed E-state index contributed by atoms with van der Waals surface area (Å²) < 4.78 is 26.8. The molecule has 128 valence electrons. The molecule has 0 aliphatic carbocycles. The lowest BCUT2D eigenvalue weighted by Crippen LogP contribution is -2.34. The number of hydrogen-bond acceptors (Lipinski definition) is 7. The van der Waals surface area contributed by atoms with E-state index in [-0.39, 0.29) is 21.9 Å². The van der Waals surface area contributed by atoms with Crippen LogP contribution in [0.4, 0.5) is 10.8 Å². The smallest absolute Gasteiger partial charge is 0.269 e. The Labute approximate surface area is 144 Å². The molecule has 2 heterocycles. The van der Waals surface area contributed by atoms with E-state index in [0.29, 0.717) is 6.54 Å². The second kappa shape index (κ2) is 6.83. The van der Waals surface area contributed by atoms with E-state index in [1.165, 1.54) is 12.5 Å². The summed E-state index contributed by atoms with van der Waals surface area (Å²) in [6, 6.07) is 8.12. The third-order valence-electron chi connectivity index (χ3n) is 3.58. The van der Waals surface area contributed by atoms with Crippen LogP contribution in [0.3, 0.4) is 0 Å². The van der Waals surface area contributed by atoms with E-state index in [1.54, 1.807) is 0 Å². The number of benzene rings is 1. The van der Waals surface area contributed by atoms with Crippen LogP contribution < -0.4 is 14.9 Å². The predicted molar refractivity (Wildman–Crippen MR) is 91.8 cm³/mol. The minimum Gasteiger partial charge on any atom is -0.370 e. The van der Waals surface area contributed by atoms with Crippen molar-refractivity contribution in [3.8, 4) is 0 Å². The lowest BCUT2D eigenvalue weighted by Gasteiger charge is -2.19. The summed E-state index contributed by atoms with van der Waals surface area (Å²) in [6.07, 6.45) is 0.972. The van der Waals surface area contributed by atoms with E-state index in [1.807, 2.05) is 18.2 Å². The molecule has 1 aromatic heterocycles. The molecule has 2 N–H and O–H groups in total. The highest BCUT2D eigenvalue weighted by atomic mass is 32.2. The maximum Gasteiger partial charge on any atom is 0.269 e. The van der Waals surface area contributed by atoms with Gasteiger partial charge in [0.2, 0.25) is 15.4 Å². The molecule has 0 saturated heterocycles. The summed E-state index contributed by atoms with van der Waals surface area (Å²) in [4.78, 5) is 13.1. The number of anilines is 2. The van der Waals surface area contributed by atoms with Crippen LogP contribution in [0.1, 0.15) is 12.5 Å². The van der Waals surface area contributed by atoms with Gasteiger partial charge in [0, 0.05) is 32.2 Å². The first kappa shape index (κ1) is 16.8. The second-order valence-corrected chi connectivity index (χ2v) is 8.24.